The second kappa shape index (κ2) is 5.41. The third kappa shape index (κ3) is 2.80. The van der Waals surface area contributed by atoms with Crippen LogP contribution >= 0.6 is 0 Å². The molecule has 1 aliphatic rings. The number of rotatable bonds is 4. The topological polar surface area (TPSA) is 28.2 Å². The van der Waals surface area contributed by atoms with Crippen LogP contribution in [0.15, 0.2) is 18.5 Å². The normalized spacial score (nSPS) is 21.5. The van der Waals surface area contributed by atoms with E-state index in [2.05, 4.69) is 35.1 Å². The molecule has 1 N–H and O–H groups in total. The SMILES string of the molecule is CCNC1CCN(Cc2ccncc2C)C1. The van der Waals surface area contributed by atoms with E-state index >= 15 is 0 Å². The number of aryl methyl sites for hydroxylation is 1. The van der Waals surface area contributed by atoms with E-state index in [0.29, 0.717) is 6.04 Å². The van der Waals surface area contributed by atoms with Gasteiger partial charge in [0.15, 0.2) is 0 Å². The average Bonchev–Trinajstić information content (AvgIpc) is 2.70. The minimum Gasteiger partial charge on any atom is -0.313 e. The second-order valence-electron chi connectivity index (χ2n) is 4.58. The van der Waals surface area contributed by atoms with Gasteiger partial charge in [-0.3, -0.25) is 9.88 Å². The summed E-state index contributed by atoms with van der Waals surface area (Å²) in [6.07, 6.45) is 5.12. The Hall–Kier alpha value is -0.930. The molecule has 0 bridgehead atoms. The molecule has 3 nitrogen and oxygen atoms in total. The molecule has 1 aliphatic heterocycles. The monoisotopic (exact) mass is 219 g/mol. The van der Waals surface area contributed by atoms with Crippen LogP contribution in [0, 0.1) is 6.92 Å². The molecule has 0 radical (unpaired) electrons. The van der Waals surface area contributed by atoms with E-state index in [1.165, 1.54) is 30.6 Å². The van der Waals surface area contributed by atoms with Gasteiger partial charge in [0.1, 0.15) is 0 Å². The van der Waals surface area contributed by atoms with Gasteiger partial charge in [-0.1, -0.05) is 6.92 Å². The Labute approximate surface area is 97.9 Å². The molecule has 1 atom stereocenters. The third-order valence-corrected chi connectivity index (χ3v) is 3.30. The van der Waals surface area contributed by atoms with Crippen molar-refractivity contribution in [3.8, 4) is 0 Å². The van der Waals surface area contributed by atoms with Crippen molar-refractivity contribution in [3.05, 3.63) is 29.6 Å². The first kappa shape index (κ1) is 11.6. The summed E-state index contributed by atoms with van der Waals surface area (Å²) >= 11 is 0. The first-order chi connectivity index (χ1) is 7.79. The molecule has 1 fully saturated rings. The number of aromatic nitrogens is 1. The first-order valence-electron chi connectivity index (χ1n) is 6.15. The summed E-state index contributed by atoms with van der Waals surface area (Å²) in [5.41, 5.74) is 2.71. The lowest BCUT2D eigenvalue weighted by Gasteiger charge is -2.17. The van der Waals surface area contributed by atoms with Crippen LogP contribution < -0.4 is 5.32 Å². The number of likely N-dealkylation sites (tertiary alicyclic amines) is 1. The molecule has 2 rings (SSSR count). The van der Waals surface area contributed by atoms with Gasteiger partial charge >= 0.3 is 0 Å². The maximum absolute atomic E-state index is 4.13. The maximum Gasteiger partial charge on any atom is 0.0300 e. The largest absolute Gasteiger partial charge is 0.313 e. The van der Waals surface area contributed by atoms with Gasteiger partial charge in [-0.15, -0.1) is 0 Å². The number of pyridine rings is 1. The predicted molar refractivity (Wildman–Crippen MR) is 66.3 cm³/mol. The molecular formula is C13H21N3. The van der Waals surface area contributed by atoms with Crippen molar-refractivity contribution in [2.45, 2.75) is 32.9 Å². The van der Waals surface area contributed by atoms with Gasteiger partial charge in [-0.05, 0) is 37.1 Å². The molecule has 0 spiro atoms. The number of likely N-dealkylation sites (N-methyl/N-ethyl adjacent to an activating group) is 1. The highest BCUT2D eigenvalue weighted by Crippen LogP contribution is 2.15. The zero-order valence-corrected chi connectivity index (χ0v) is 10.2. The van der Waals surface area contributed by atoms with Crippen LogP contribution in [0.1, 0.15) is 24.5 Å². The fourth-order valence-corrected chi connectivity index (χ4v) is 2.35. The van der Waals surface area contributed by atoms with E-state index in [-0.39, 0.29) is 0 Å². The molecule has 0 amide bonds. The van der Waals surface area contributed by atoms with Crippen LogP contribution in [-0.2, 0) is 6.54 Å². The van der Waals surface area contributed by atoms with Crippen LogP contribution in [0.3, 0.4) is 0 Å². The first-order valence-corrected chi connectivity index (χ1v) is 6.15. The standard InChI is InChI=1S/C13H21N3/c1-3-15-13-5-7-16(10-13)9-12-4-6-14-8-11(12)2/h4,6,8,13,15H,3,5,7,9-10H2,1-2H3. The molecule has 16 heavy (non-hydrogen) atoms. The minimum atomic E-state index is 0.687. The number of nitrogens with zero attached hydrogens (tertiary/aromatic N) is 2. The summed E-state index contributed by atoms with van der Waals surface area (Å²) in [5.74, 6) is 0. The fourth-order valence-electron chi connectivity index (χ4n) is 2.35. The van der Waals surface area contributed by atoms with Gasteiger partial charge in [-0.25, -0.2) is 0 Å². The quantitative estimate of drug-likeness (QED) is 0.833. The van der Waals surface area contributed by atoms with Crippen LogP contribution in [-0.4, -0.2) is 35.6 Å². The van der Waals surface area contributed by atoms with E-state index in [4.69, 9.17) is 0 Å². The summed E-state index contributed by atoms with van der Waals surface area (Å²) in [7, 11) is 0. The molecule has 88 valence electrons. The molecule has 2 heterocycles. The maximum atomic E-state index is 4.13. The number of hydrogen-bond donors (Lipinski definition) is 1. The Morgan fingerprint density at radius 2 is 2.44 bits per heavy atom. The number of nitrogens with one attached hydrogen (secondary N) is 1. The summed E-state index contributed by atoms with van der Waals surface area (Å²) in [6.45, 7) is 8.84. The Kier molecular flexibility index (Phi) is 3.91. The Morgan fingerprint density at radius 3 is 3.19 bits per heavy atom. The molecule has 1 saturated heterocycles. The molecule has 1 aromatic heterocycles. The summed E-state index contributed by atoms with van der Waals surface area (Å²) in [6, 6.07) is 2.82. The molecule has 1 aromatic rings. The highest BCUT2D eigenvalue weighted by atomic mass is 15.2. The second-order valence-corrected chi connectivity index (χ2v) is 4.58. The van der Waals surface area contributed by atoms with E-state index in [0.717, 1.165) is 13.1 Å². The zero-order valence-electron chi connectivity index (χ0n) is 10.2. The van der Waals surface area contributed by atoms with Crippen molar-refractivity contribution in [1.82, 2.24) is 15.2 Å². The molecule has 0 saturated carbocycles. The van der Waals surface area contributed by atoms with Crippen molar-refractivity contribution in [3.63, 3.8) is 0 Å². The summed E-state index contributed by atoms with van der Waals surface area (Å²) in [4.78, 5) is 6.66. The Balaban J connectivity index is 1.90. The Bertz CT molecular complexity index is 338. The van der Waals surface area contributed by atoms with Crippen molar-refractivity contribution in [1.29, 1.82) is 0 Å². The van der Waals surface area contributed by atoms with E-state index in [1.807, 2.05) is 12.4 Å². The van der Waals surface area contributed by atoms with Gasteiger partial charge in [0.05, 0.1) is 0 Å². The van der Waals surface area contributed by atoms with E-state index in [1.54, 1.807) is 0 Å². The fraction of sp³-hybridized carbons (Fsp3) is 0.615. The average molecular weight is 219 g/mol. The highest BCUT2D eigenvalue weighted by molar-refractivity contribution is 5.21. The lowest BCUT2D eigenvalue weighted by molar-refractivity contribution is 0.320. The van der Waals surface area contributed by atoms with Crippen LogP contribution in [0.4, 0.5) is 0 Å². The van der Waals surface area contributed by atoms with E-state index in [9.17, 15) is 0 Å². The lowest BCUT2D eigenvalue weighted by Crippen LogP contribution is -2.32. The van der Waals surface area contributed by atoms with Gasteiger partial charge in [0, 0.05) is 38.1 Å². The highest BCUT2D eigenvalue weighted by Gasteiger charge is 2.21. The molecule has 1 unspecified atom stereocenters. The van der Waals surface area contributed by atoms with Gasteiger partial charge < -0.3 is 5.32 Å². The summed E-state index contributed by atoms with van der Waals surface area (Å²) in [5, 5.41) is 3.52. The molecule has 0 aromatic carbocycles. The minimum absolute atomic E-state index is 0.687. The predicted octanol–water partition coefficient (Wildman–Crippen LogP) is 1.57. The van der Waals surface area contributed by atoms with Gasteiger partial charge in [-0.2, -0.15) is 0 Å². The smallest absolute Gasteiger partial charge is 0.0300 e. The number of hydrogen-bond acceptors (Lipinski definition) is 3. The third-order valence-electron chi connectivity index (χ3n) is 3.30. The van der Waals surface area contributed by atoms with Gasteiger partial charge in [0.2, 0.25) is 0 Å². The van der Waals surface area contributed by atoms with Crippen LogP contribution in [0.5, 0.6) is 0 Å². The zero-order chi connectivity index (χ0) is 11.4. The van der Waals surface area contributed by atoms with Crippen molar-refractivity contribution < 1.29 is 0 Å². The Morgan fingerprint density at radius 1 is 1.56 bits per heavy atom. The van der Waals surface area contributed by atoms with Crippen LogP contribution in [0.25, 0.3) is 0 Å². The van der Waals surface area contributed by atoms with Gasteiger partial charge in [0.25, 0.3) is 0 Å². The van der Waals surface area contributed by atoms with E-state index < -0.39 is 0 Å². The molecule has 0 aliphatic carbocycles. The van der Waals surface area contributed by atoms with Crippen molar-refractivity contribution >= 4 is 0 Å². The molecular weight excluding hydrogens is 198 g/mol. The summed E-state index contributed by atoms with van der Waals surface area (Å²) < 4.78 is 0. The van der Waals surface area contributed by atoms with Crippen LogP contribution in [0.2, 0.25) is 0 Å². The van der Waals surface area contributed by atoms with Crippen molar-refractivity contribution in [2.24, 2.45) is 0 Å². The lowest BCUT2D eigenvalue weighted by atomic mass is 10.1. The van der Waals surface area contributed by atoms with Crippen molar-refractivity contribution in [2.75, 3.05) is 19.6 Å². The molecule has 3 heteroatoms.